The molecule has 0 spiro atoms. The van der Waals surface area contributed by atoms with Crippen molar-refractivity contribution in [3.63, 3.8) is 0 Å². The van der Waals surface area contributed by atoms with Gasteiger partial charge in [0.2, 0.25) is 0 Å². The molecule has 1 saturated carbocycles. The molecule has 0 aromatic heterocycles. The lowest BCUT2D eigenvalue weighted by atomic mass is 9.91. The predicted molar refractivity (Wildman–Crippen MR) is 109 cm³/mol. The van der Waals surface area contributed by atoms with Crippen molar-refractivity contribution >= 4 is 0 Å². The van der Waals surface area contributed by atoms with Crippen molar-refractivity contribution in [2.75, 3.05) is 13.1 Å². The van der Waals surface area contributed by atoms with Crippen LogP contribution in [-0.2, 0) is 0 Å². The molecule has 144 valence electrons. The second-order valence-corrected chi connectivity index (χ2v) is 7.99. The summed E-state index contributed by atoms with van der Waals surface area (Å²) in [6.45, 7) is 7.07. The summed E-state index contributed by atoms with van der Waals surface area (Å²) in [6, 6.07) is 1.60. The van der Waals surface area contributed by atoms with Gasteiger partial charge in [0.1, 0.15) is 0 Å². The van der Waals surface area contributed by atoms with Crippen LogP contribution in [0.4, 0.5) is 0 Å². The minimum atomic E-state index is 0.799. The third kappa shape index (κ3) is 12.3. The zero-order valence-corrected chi connectivity index (χ0v) is 16.9. The molecule has 0 unspecified atom stereocenters. The molecule has 1 aliphatic carbocycles. The van der Waals surface area contributed by atoms with Crippen LogP contribution in [0.25, 0.3) is 0 Å². The zero-order valence-electron chi connectivity index (χ0n) is 16.9. The second-order valence-electron chi connectivity index (χ2n) is 7.99. The van der Waals surface area contributed by atoms with E-state index in [1.54, 1.807) is 0 Å². The predicted octanol–water partition coefficient (Wildman–Crippen LogP) is 6.20. The van der Waals surface area contributed by atoms with Gasteiger partial charge in [-0.25, -0.2) is 0 Å². The summed E-state index contributed by atoms with van der Waals surface area (Å²) in [5.74, 6) is 0. The van der Waals surface area contributed by atoms with Crippen molar-refractivity contribution in [2.24, 2.45) is 0 Å². The van der Waals surface area contributed by atoms with E-state index in [1.165, 1.54) is 116 Å². The Morgan fingerprint density at radius 2 is 0.833 bits per heavy atom. The Bertz CT molecular complexity index is 220. The summed E-state index contributed by atoms with van der Waals surface area (Å²) in [6.07, 6.45) is 22.4. The van der Waals surface area contributed by atoms with Crippen molar-refractivity contribution in [1.29, 1.82) is 0 Å². The highest BCUT2D eigenvalue weighted by Gasteiger charge is 2.19. The molecule has 2 heteroatoms. The Morgan fingerprint density at radius 3 is 1.21 bits per heavy atom. The Kier molecular flexibility index (Phi) is 15.0. The SMILES string of the molecule is CCCCCCCCNC1CCC(NCCCCCCCC)CC1. The van der Waals surface area contributed by atoms with Gasteiger partial charge in [0.05, 0.1) is 0 Å². The third-order valence-electron chi connectivity index (χ3n) is 5.65. The van der Waals surface area contributed by atoms with Crippen molar-refractivity contribution in [3.8, 4) is 0 Å². The van der Waals surface area contributed by atoms with Crippen LogP contribution in [0, 0.1) is 0 Å². The van der Waals surface area contributed by atoms with Crippen LogP contribution >= 0.6 is 0 Å². The summed E-state index contributed by atoms with van der Waals surface area (Å²) in [4.78, 5) is 0. The van der Waals surface area contributed by atoms with Crippen LogP contribution in [-0.4, -0.2) is 25.2 Å². The lowest BCUT2D eigenvalue weighted by Crippen LogP contribution is -2.40. The fraction of sp³-hybridized carbons (Fsp3) is 1.00. The summed E-state index contributed by atoms with van der Waals surface area (Å²) >= 11 is 0. The maximum absolute atomic E-state index is 3.80. The molecule has 0 saturated heterocycles. The van der Waals surface area contributed by atoms with Crippen molar-refractivity contribution in [1.82, 2.24) is 10.6 Å². The normalized spacial score (nSPS) is 21.2. The van der Waals surface area contributed by atoms with Gasteiger partial charge in [-0.3, -0.25) is 0 Å². The maximum atomic E-state index is 3.80. The summed E-state index contributed by atoms with van der Waals surface area (Å²) in [5, 5.41) is 7.60. The topological polar surface area (TPSA) is 24.1 Å². The van der Waals surface area contributed by atoms with Crippen LogP contribution in [0.3, 0.4) is 0 Å². The van der Waals surface area contributed by atoms with Gasteiger partial charge in [-0.15, -0.1) is 0 Å². The van der Waals surface area contributed by atoms with Gasteiger partial charge in [0.25, 0.3) is 0 Å². The highest BCUT2D eigenvalue weighted by atomic mass is 14.9. The first-order chi connectivity index (χ1) is 11.9. The lowest BCUT2D eigenvalue weighted by molar-refractivity contribution is 0.305. The van der Waals surface area contributed by atoms with E-state index in [2.05, 4.69) is 24.5 Å². The van der Waals surface area contributed by atoms with Crippen LogP contribution in [0.5, 0.6) is 0 Å². The Hall–Kier alpha value is -0.0800. The van der Waals surface area contributed by atoms with Gasteiger partial charge in [-0.1, -0.05) is 78.1 Å². The average molecular weight is 339 g/mol. The van der Waals surface area contributed by atoms with Gasteiger partial charge >= 0.3 is 0 Å². The molecule has 0 bridgehead atoms. The minimum Gasteiger partial charge on any atom is -0.314 e. The zero-order chi connectivity index (χ0) is 17.3. The number of nitrogens with one attached hydrogen (secondary N) is 2. The Morgan fingerprint density at radius 1 is 0.500 bits per heavy atom. The minimum absolute atomic E-state index is 0.799. The monoisotopic (exact) mass is 338 g/mol. The van der Waals surface area contributed by atoms with E-state index in [0.29, 0.717) is 0 Å². The summed E-state index contributed by atoms with van der Waals surface area (Å²) in [7, 11) is 0. The second kappa shape index (κ2) is 16.4. The van der Waals surface area contributed by atoms with Gasteiger partial charge in [-0.05, 0) is 51.6 Å². The smallest absolute Gasteiger partial charge is 0.00682 e. The lowest BCUT2D eigenvalue weighted by Gasteiger charge is -2.30. The van der Waals surface area contributed by atoms with E-state index in [9.17, 15) is 0 Å². The van der Waals surface area contributed by atoms with E-state index in [1.807, 2.05) is 0 Å². The van der Waals surface area contributed by atoms with E-state index >= 15 is 0 Å². The third-order valence-corrected chi connectivity index (χ3v) is 5.65. The van der Waals surface area contributed by atoms with Crippen molar-refractivity contribution < 1.29 is 0 Å². The van der Waals surface area contributed by atoms with E-state index in [-0.39, 0.29) is 0 Å². The van der Waals surface area contributed by atoms with Crippen LogP contribution in [0.1, 0.15) is 117 Å². The van der Waals surface area contributed by atoms with Gasteiger partial charge in [0.15, 0.2) is 0 Å². The van der Waals surface area contributed by atoms with E-state index in [4.69, 9.17) is 0 Å². The highest BCUT2D eigenvalue weighted by Crippen LogP contribution is 2.19. The van der Waals surface area contributed by atoms with Crippen molar-refractivity contribution in [3.05, 3.63) is 0 Å². The van der Waals surface area contributed by atoms with Crippen molar-refractivity contribution in [2.45, 2.75) is 129 Å². The van der Waals surface area contributed by atoms with Gasteiger partial charge < -0.3 is 10.6 Å². The molecule has 1 fully saturated rings. The summed E-state index contributed by atoms with van der Waals surface area (Å²) < 4.78 is 0. The largest absolute Gasteiger partial charge is 0.314 e. The van der Waals surface area contributed by atoms with Gasteiger partial charge in [0, 0.05) is 12.1 Å². The molecule has 1 aliphatic rings. The fourth-order valence-corrected chi connectivity index (χ4v) is 3.92. The molecule has 24 heavy (non-hydrogen) atoms. The summed E-state index contributed by atoms with van der Waals surface area (Å²) in [5.41, 5.74) is 0. The number of hydrogen-bond donors (Lipinski definition) is 2. The Balaban J connectivity index is 1.85. The first-order valence-electron chi connectivity index (χ1n) is 11.3. The molecule has 0 aromatic carbocycles. The number of hydrogen-bond acceptors (Lipinski definition) is 2. The van der Waals surface area contributed by atoms with E-state index in [0.717, 1.165) is 12.1 Å². The van der Waals surface area contributed by atoms with Crippen LogP contribution in [0.2, 0.25) is 0 Å². The number of rotatable bonds is 16. The highest BCUT2D eigenvalue weighted by molar-refractivity contribution is 4.80. The molecule has 2 nitrogen and oxygen atoms in total. The molecular formula is C22H46N2. The molecule has 0 amide bonds. The Labute approximate surface area is 152 Å². The van der Waals surface area contributed by atoms with Gasteiger partial charge in [-0.2, -0.15) is 0 Å². The first-order valence-corrected chi connectivity index (χ1v) is 11.3. The number of unbranched alkanes of at least 4 members (excludes halogenated alkanes) is 10. The molecule has 0 atom stereocenters. The standard InChI is InChI=1S/C22H46N2/c1-3-5-7-9-11-13-19-23-21-15-17-22(18-16-21)24-20-14-12-10-8-6-4-2/h21-24H,3-20H2,1-2H3. The molecular weight excluding hydrogens is 292 g/mol. The fourth-order valence-electron chi connectivity index (χ4n) is 3.92. The first kappa shape index (κ1) is 22.0. The molecule has 0 aromatic rings. The van der Waals surface area contributed by atoms with Crippen LogP contribution < -0.4 is 10.6 Å². The molecule has 2 N–H and O–H groups in total. The molecule has 0 radical (unpaired) electrons. The molecule has 0 aliphatic heterocycles. The molecule has 1 rings (SSSR count). The van der Waals surface area contributed by atoms with Crippen LogP contribution in [0.15, 0.2) is 0 Å². The maximum Gasteiger partial charge on any atom is 0.00682 e. The quantitative estimate of drug-likeness (QED) is 0.327. The molecule has 0 heterocycles. The average Bonchev–Trinajstić information content (AvgIpc) is 2.61. The van der Waals surface area contributed by atoms with E-state index < -0.39 is 0 Å².